The van der Waals surface area contributed by atoms with Gasteiger partial charge in [0.05, 0.1) is 0 Å². The molecule has 5 heteroatoms. The number of nitrogens with one attached hydrogen (secondary N) is 1. The third-order valence-corrected chi connectivity index (χ3v) is 3.55. The molecule has 0 bridgehead atoms. The van der Waals surface area contributed by atoms with E-state index in [0.717, 1.165) is 37.9 Å². The first-order valence-corrected chi connectivity index (χ1v) is 7.10. The first-order valence-electron chi connectivity index (χ1n) is 7.10. The number of carbonyl (C=O) groups is 2. The summed E-state index contributed by atoms with van der Waals surface area (Å²) in [6, 6.07) is 7.59. The number of benzene rings is 1. The van der Waals surface area contributed by atoms with Crippen LogP contribution in [0, 0.1) is 0 Å². The molecule has 108 valence electrons. The third kappa shape index (κ3) is 3.73. The van der Waals surface area contributed by atoms with Crippen molar-refractivity contribution in [1.82, 2.24) is 5.32 Å². The maximum atomic E-state index is 12.2. The van der Waals surface area contributed by atoms with Crippen LogP contribution >= 0.6 is 0 Å². The molecule has 1 aromatic rings. The quantitative estimate of drug-likeness (QED) is 0.777. The molecule has 0 radical (unpaired) electrons. The van der Waals surface area contributed by atoms with Crippen molar-refractivity contribution in [1.29, 1.82) is 0 Å². The van der Waals surface area contributed by atoms with Crippen LogP contribution in [0.3, 0.4) is 0 Å². The largest absolute Gasteiger partial charge is 0.352 e. The highest BCUT2D eigenvalue weighted by molar-refractivity contribution is 5.95. The number of anilines is 1. The number of nitrogens with two attached hydrogens (primary N) is 1. The minimum absolute atomic E-state index is 0.192. The summed E-state index contributed by atoms with van der Waals surface area (Å²) in [5.41, 5.74) is 7.29. The molecule has 2 rings (SSSR count). The van der Waals surface area contributed by atoms with E-state index in [2.05, 4.69) is 11.4 Å². The highest BCUT2D eigenvalue weighted by Gasteiger charge is 2.23. The Bertz CT molecular complexity index is 488. The number of para-hydroxylation sites is 1. The molecular formula is C15H21N3O2. The lowest BCUT2D eigenvalue weighted by atomic mass is 10.1. The zero-order valence-electron chi connectivity index (χ0n) is 11.6. The van der Waals surface area contributed by atoms with Crippen LogP contribution < -0.4 is 16.0 Å². The second-order valence-electron chi connectivity index (χ2n) is 5.03. The molecule has 0 saturated heterocycles. The predicted molar refractivity (Wildman–Crippen MR) is 78.6 cm³/mol. The molecule has 1 heterocycles. The normalized spacial score (nSPS) is 13.1. The van der Waals surface area contributed by atoms with E-state index in [1.807, 2.05) is 23.1 Å². The van der Waals surface area contributed by atoms with Crippen LogP contribution in [0.5, 0.6) is 0 Å². The van der Waals surface area contributed by atoms with Gasteiger partial charge in [-0.2, -0.15) is 0 Å². The Kier molecular flexibility index (Phi) is 4.98. The maximum Gasteiger partial charge on any atom is 0.312 e. The number of fused-ring (bicyclic) bond motifs is 1. The van der Waals surface area contributed by atoms with Crippen molar-refractivity contribution >= 4 is 17.6 Å². The smallest absolute Gasteiger partial charge is 0.312 e. The average molecular weight is 275 g/mol. The van der Waals surface area contributed by atoms with Crippen LogP contribution in [0.25, 0.3) is 0 Å². The lowest BCUT2D eigenvalue weighted by Crippen LogP contribution is -2.30. The zero-order valence-corrected chi connectivity index (χ0v) is 11.6. The number of carbonyl (C=O) groups excluding carboxylic acids is 2. The van der Waals surface area contributed by atoms with Crippen molar-refractivity contribution in [2.75, 3.05) is 18.0 Å². The van der Waals surface area contributed by atoms with Gasteiger partial charge in [0.15, 0.2) is 0 Å². The highest BCUT2D eigenvalue weighted by atomic mass is 16.2. The van der Waals surface area contributed by atoms with E-state index in [9.17, 15) is 9.59 Å². The molecule has 0 aromatic heterocycles. The van der Waals surface area contributed by atoms with Crippen LogP contribution in [-0.2, 0) is 11.2 Å². The summed E-state index contributed by atoms with van der Waals surface area (Å²) in [5, 5.41) is 2.55. The topological polar surface area (TPSA) is 75.4 Å². The van der Waals surface area contributed by atoms with Crippen LogP contribution in [0.4, 0.5) is 10.5 Å². The monoisotopic (exact) mass is 275 g/mol. The summed E-state index contributed by atoms with van der Waals surface area (Å²) < 4.78 is 0. The molecule has 0 saturated carbocycles. The van der Waals surface area contributed by atoms with E-state index in [1.54, 1.807) is 0 Å². The molecule has 1 aliphatic rings. The number of urea groups is 1. The molecule has 20 heavy (non-hydrogen) atoms. The zero-order chi connectivity index (χ0) is 14.4. The van der Waals surface area contributed by atoms with Gasteiger partial charge in [-0.05, 0) is 30.9 Å². The van der Waals surface area contributed by atoms with Crippen LogP contribution in [-0.4, -0.2) is 25.0 Å². The maximum absolute atomic E-state index is 12.2. The molecule has 1 aliphatic heterocycles. The number of hydrogen-bond acceptors (Lipinski definition) is 2. The summed E-state index contributed by atoms with van der Waals surface area (Å²) in [6.45, 7) is 1.37. The first kappa shape index (κ1) is 14.4. The second kappa shape index (κ2) is 6.93. The standard InChI is InChI=1S/C15H21N3O2/c16-15(20)17-10-5-1-2-8-14(19)18-11-9-12-6-3-4-7-13(12)18/h3-4,6-7H,1-2,5,8-11H2,(H3,16,17,20). The molecule has 0 fully saturated rings. The molecule has 1 aromatic carbocycles. The van der Waals surface area contributed by atoms with E-state index >= 15 is 0 Å². The summed E-state index contributed by atoms with van der Waals surface area (Å²) >= 11 is 0. The van der Waals surface area contributed by atoms with Crippen molar-refractivity contribution in [3.05, 3.63) is 29.8 Å². The fourth-order valence-corrected chi connectivity index (χ4v) is 2.52. The Morgan fingerprint density at radius 1 is 1.20 bits per heavy atom. The minimum Gasteiger partial charge on any atom is -0.352 e. The lowest BCUT2D eigenvalue weighted by molar-refractivity contribution is -0.118. The summed E-state index contributed by atoms with van der Waals surface area (Å²) in [5.74, 6) is 0.192. The van der Waals surface area contributed by atoms with Crippen LogP contribution in [0.1, 0.15) is 31.2 Å². The molecule has 0 spiro atoms. The Balaban J connectivity index is 1.70. The Hall–Kier alpha value is -2.04. The molecule has 5 nitrogen and oxygen atoms in total. The van der Waals surface area contributed by atoms with Gasteiger partial charge in [0.1, 0.15) is 0 Å². The summed E-state index contributed by atoms with van der Waals surface area (Å²) in [7, 11) is 0. The van der Waals surface area contributed by atoms with Crippen LogP contribution in [0.2, 0.25) is 0 Å². The SMILES string of the molecule is NC(=O)NCCCCCC(=O)N1CCc2ccccc21. The highest BCUT2D eigenvalue weighted by Crippen LogP contribution is 2.28. The van der Waals surface area contributed by atoms with E-state index in [0.29, 0.717) is 13.0 Å². The fraction of sp³-hybridized carbons (Fsp3) is 0.467. The fourth-order valence-electron chi connectivity index (χ4n) is 2.52. The van der Waals surface area contributed by atoms with Gasteiger partial charge in [-0.1, -0.05) is 24.6 Å². The third-order valence-electron chi connectivity index (χ3n) is 3.55. The first-order chi connectivity index (χ1) is 9.68. The van der Waals surface area contributed by atoms with E-state index < -0.39 is 6.03 Å². The Labute approximate surface area is 119 Å². The van der Waals surface area contributed by atoms with Crippen molar-refractivity contribution in [2.45, 2.75) is 32.1 Å². The molecule has 3 N–H and O–H groups in total. The van der Waals surface area contributed by atoms with Crippen molar-refractivity contribution in [3.8, 4) is 0 Å². The van der Waals surface area contributed by atoms with Gasteiger partial charge in [-0.3, -0.25) is 4.79 Å². The lowest BCUT2D eigenvalue weighted by Gasteiger charge is -2.17. The van der Waals surface area contributed by atoms with Gasteiger partial charge in [-0.25, -0.2) is 4.79 Å². The molecule has 0 atom stereocenters. The number of unbranched alkanes of at least 4 members (excludes halogenated alkanes) is 2. The Morgan fingerprint density at radius 3 is 2.80 bits per heavy atom. The number of nitrogens with zero attached hydrogens (tertiary/aromatic N) is 1. The van der Waals surface area contributed by atoms with Gasteiger partial charge < -0.3 is 16.0 Å². The van der Waals surface area contributed by atoms with E-state index in [1.165, 1.54) is 5.56 Å². The molecule has 3 amide bonds. The number of rotatable bonds is 6. The van der Waals surface area contributed by atoms with Crippen molar-refractivity contribution < 1.29 is 9.59 Å². The molecular weight excluding hydrogens is 254 g/mol. The Morgan fingerprint density at radius 2 is 2.00 bits per heavy atom. The second-order valence-corrected chi connectivity index (χ2v) is 5.03. The van der Waals surface area contributed by atoms with Gasteiger partial charge in [0.2, 0.25) is 5.91 Å². The number of amides is 3. The van der Waals surface area contributed by atoms with Crippen LogP contribution in [0.15, 0.2) is 24.3 Å². The van der Waals surface area contributed by atoms with Gasteiger partial charge in [0, 0.05) is 25.2 Å². The number of primary amides is 1. The van der Waals surface area contributed by atoms with Crippen molar-refractivity contribution in [3.63, 3.8) is 0 Å². The number of hydrogen-bond donors (Lipinski definition) is 2. The van der Waals surface area contributed by atoms with E-state index in [4.69, 9.17) is 5.73 Å². The summed E-state index contributed by atoms with van der Waals surface area (Å²) in [4.78, 5) is 24.6. The predicted octanol–water partition coefficient (Wildman–Crippen LogP) is 1.80. The molecule has 0 unspecified atom stereocenters. The van der Waals surface area contributed by atoms with E-state index in [-0.39, 0.29) is 5.91 Å². The van der Waals surface area contributed by atoms with Crippen molar-refractivity contribution in [2.24, 2.45) is 5.73 Å². The average Bonchev–Trinajstić information content (AvgIpc) is 2.86. The van der Waals surface area contributed by atoms with Gasteiger partial charge in [0.25, 0.3) is 0 Å². The van der Waals surface area contributed by atoms with Gasteiger partial charge >= 0.3 is 6.03 Å². The minimum atomic E-state index is -0.491. The molecule has 0 aliphatic carbocycles. The van der Waals surface area contributed by atoms with Gasteiger partial charge in [-0.15, -0.1) is 0 Å². The summed E-state index contributed by atoms with van der Waals surface area (Å²) in [6.07, 6.45) is 4.13.